The number of aliphatic hydroxyl groups is 1. The highest BCUT2D eigenvalue weighted by molar-refractivity contribution is 7.17. The number of aryl methyl sites for hydroxylation is 1. The molecule has 6 heteroatoms. The Bertz CT molecular complexity index is 549. The summed E-state index contributed by atoms with van der Waals surface area (Å²) in [6.45, 7) is 4.69. The normalized spacial score (nSPS) is 10.7. The number of aliphatic hydroxyl groups excluding tert-OH is 1. The lowest BCUT2D eigenvalue weighted by atomic mass is 10.3. The van der Waals surface area contributed by atoms with Gasteiger partial charge in [0.15, 0.2) is 0 Å². The molecule has 2 heterocycles. The van der Waals surface area contributed by atoms with Gasteiger partial charge in [0.2, 0.25) is 0 Å². The maximum Gasteiger partial charge on any atom is 0.265 e. The van der Waals surface area contributed by atoms with Gasteiger partial charge in [0.05, 0.1) is 12.3 Å². The average molecular weight is 296 g/mol. The average Bonchev–Trinajstić information content (AvgIpc) is 3.04. The van der Waals surface area contributed by atoms with E-state index >= 15 is 0 Å². The predicted octanol–water partition coefficient (Wildman–Crippen LogP) is 2.63. The van der Waals surface area contributed by atoms with Crippen molar-refractivity contribution in [3.05, 3.63) is 27.4 Å². The number of thiophene rings is 1. The molecule has 2 aromatic heterocycles. The molecule has 1 amide bonds. The van der Waals surface area contributed by atoms with Crippen molar-refractivity contribution < 1.29 is 9.90 Å². The summed E-state index contributed by atoms with van der Waals surface area (Å²) in [5, 5.41) is 13.9. The molecular weight excluding hydrogens is 280 g/mol. The zero-order valence-electron chi connectivity index (χ0n) is 10.9. The van der Waals surface area contributed by atoms with E-state index in [4.69, 9.17) is 5.11 Å². The van der Waals surface area contributed by atoms with Crippen LogP contribution in [-0.2, 0) is 0 Å². The molecule has 0 radical (unpaired) electrons. The van der Waals surface area contributed by atoms with Crippen molar-refractivity contribution in [2.75, 3.05) is 19.7 Å². The monoisotopic (exact) mass is 296 g/mol. The lowest BCUT2D eigenvalue weighted by Gasteiger charge is -2.18. The quantitative estimate of drug-likeness (QED) is 0.923. The minimum Gasteiger partial charge on any atom is -0.395 e. The second kappa shape index (κ2) is 6.27. The first-order chi connectivity index (χ1) is 9.17. The zero-order chi connectivity index (χ0) is 13.8. The fourth-order valence-electron chi connectivity index (χ4n) is 1.77. The summed E-state index contributed by atoms with van der Waals surface area (Å²) in [7, 11) is 0. The SMILES string of the molecule is CCN(CCO)C(=O)c1sc(-c2ccsc2)nc1C. The standard InChI is InChI=1S/C13H16N2O2S2/c1-3-15(5-6-16)13(17)11-9(2)14-12(19-11)10-4-7-18-8-10/h4,7-8,16H,3,5-6H2,1-2H3. The minimum absolute atomic E-state index is 0.0190. The van der Waals surface area contributed by atoms with E-state index in [1.807, 2.05) is 30.7 Å². The van der Waals surface area contributed by atoms with Crippen LogP contribution in [0.2, 0.25) is 0 Å². The number of thiazole rings is 1. The van der Waals surface area contributed by atoms with Gasteiger partial charge in [0.1, 0.15) is 9.88 Å². The molecule has 0 aliphatic carbocycles. The number of amides is 1. The number of carbonyl (C=O) groups excluding carboxylic acids is 1. The number of aromatic nitrogens is 1. The van der Waals surface area contributed by atoms with Gasteiger partial charge in [0, 0.05) is 24.0 Å². The Kier molecular flexibility index (Phi) is 4.68. The fourth-order valence-corrected chi connectivity index (χ4v) is 3.52. The van der Waals surface area contributed by atoms with E-state index in [1.165, 1.54) is 11.3 Å². The van der Waals surface area contributed by atoms with Gasteiger partial charge in [-0.1, -0.05) is 0 Å². The van der Waals surface area contributed by atoms with Crippen molar-refractivity contribution in [2.24, 2.45) is 0 Å². The first kappa shape index (κ1) is 14.2. The number of hydrogen-bond donors (Lipinski definition) is 1. The lowest BCUT2D eigenvalue weighted by Crippen LogP contribution is -2.33. The molecule has 4 nitrogen and oxygen atoms in total. The van der Waals surface area contributed by atoms with Crippen LogP contribution < -0.4 is 0 Å². The largest absolute Gasteiger partial charge is 0.395 e. The number of nitrogens with zero attached hydrogens (tertiary/aromatic N) is 2. The first-order valence-electron chi connectivity index (χ1n) is 6.07. The van der Waals surface area contributed by atoms with Gasteiger partial charge in [-0.2, -0.15) is 11.3 Å². The molecule has 0 bridgehead atoms. The van der Waals surface area contributed by atoms with Crippen molar-refractivity contribution in [1.29, 1.82) is 0 Å². The fraction of sp³-hybridized carbons (Fsp3) is 0.385. The summed E-state index contributed by atoms with van der Waals surface area (Å²) in [6, 6.07) is 2.00. The molecule has 0 atom stereocenters. The molecule has 0 fully saturated rings. The summed E-state index contributed by atoms with van der Waals surface area (Å²) in [4.78, 5) is 19.1. The van der Waals surface area contributed by atoms with Crippen LogP contribution in [0.5, 0.6) is 0 Å². The second-order valence-corrected chi connectivity index (χ2v) is 5.83. The molecule has 0 aliphatic rings. The molecule has 0 spiro atoms. The third-order valence-electron chi connectivity index (χ3n) is 2.80. The van der Waals surface area contributed by atoms with Gasteiger partial charge in [-0.05, 0) is 25.3 Å². The van der Waals surface area contributed by atoms with E-state index in [0.29, 0.717) is 18.0 Å². The third kappa shape index (κ3) is 3.02. The highest BCUT2D eigenvalue weighted by Crippen LogP contribution is 2.30. The molecule has 0 aliphatic heterocycles. The minimum atomic E-state index is -0.0481. The third-order valence-corrected chi connectivity index (χ3v) is 4.68. The Hall–Kier alpha value is -1.24. The Morgan fingerprint density at radius 2 is 2.32 bits per heavy atom. The molecule has 2 aromatic rings. The van der Waals surface area contributed by atoms with Crippen LogP contribution >= 0.6 is 22.7 Å². The summed E-state index contributed by atoms with van der Waals surface area (Å²) < 4.78 is 0. The van der Waals surface area contributed by atoms with E-state index < -0.39 is 0 Å². The smallest absolute Gasteiger partial charge is 0.265 e. The molecule has 1 N–H and O–H groups in total. The van der Waals surface area contributed by atoms with Crippen LogP contribution in [-0.4, -0.2) is 40.6 Å². The van der Waals surface area contributed by atoms with Crippen molar-refractivity contribution >= 4 is 28.6 Å². The summed E-state index contributed by atoms with van der Waals surface area (Å²) in [5.74, 6) is -0.0481. The van der Waals surface area contributed by atoms with Gasteiger partial charge in [-0.25, -0.2) is 4.98 Å². The van der Waals surface area contributed by atoms with Gasteiger partial charge in [-0.15, -0.1) is 11.3 Å². The van der Waals surface area contributed by atoms with E-state index in [9.17, 15) is 4.79 Å². The maximum atomic E-state index is 12.4. The van der Waals surface area contributed by atoms with Crippen LogP contribution in [0.3, 0.4) is 0 Å². The van der Waals surface area contributed by atoms with Gasteiger partial charge >= 0.3 is 0 Å². The van der Waals surface area contributed by atoms with Crippen molar-refractivity contribution in [1.82, 2.24) is 9.88 Å². The van der Waals surface area contributed by atoms with Gasteiger partial charge < -0.3 is 10.0 Å². The Morgan fingerprint density at radius 1 is 1.53 bits per heavy atom. The molecule has 0 aromatic carbocycles. The van der Waals surface area contributed by atoms with Crippen molar-refractivity contribution in [3.8, 4) is 10.6 Å². The maximum absolute atomic E-state index is 12.4. The first-order valence-corrected chi connectivity index (χ1v) is 7.83. The summed E-state index contributed by atoms with van der Waals surface area (Å²) >= 11 is 3.03. The number of carbonyl (C=O) groups is 1. The predicted molar refractivity (Wildman–Crippen MR) is 78.8 cm³/mol. The zero-order valence-corrected chi connectivity index (χ0v) is 12.6. The van der Waals surface area contributed by atoms with Crippen molar-refractivity contribution in [2.45, 2.75) is 13.8 Å². The molecule has 0 unspecified atom stereocenters. The summed E-state index contributed by atoms with van der Waals surface area (Å²) in [5.41, 5.74) is 1.81. The van der Waals surface area contributed by atoms with Crippen LogP contribution in [0, 0.1) is 6.92 Å². The highest BCUT2D eigenvalue weighted by atomic mass is 32.1. The Balaban J connectivity index is 2.28. The van der Waals surface area contributed by atoms with Crippen LogP contribution in [0.25, 0.3) is 10.6 Å². The van der Waals surface area contributed by atoms with E-state index in [-0.39, 0.29) is 12.5 Å². The molecule has 19 heavy (non-hydrogen) atoms. The van der Waals surface area contributed by atoms with Crippen LogP contribution in [0.4, 0.5) is 0 Å². The van der Waals surface area contributed by atoms with E-state index in [0.717, 1.165) is 16.3 Å². The van der Waals surface area contributed by atoms with Gasteiger partial charge in [0.25, 0.3) is 5.91 Å². The second-order valence-electron chi connectivity index (χ2n) is 4.05. The molecule has 2 rings (SSSR count). The number of rotatable bonds is 5. The lowest BCUT2D eigenvalue weighted by molar-refractivity contribution is 0.0736. The van der Waals surface area contributed by atoms with Crippen molar-refractivity contribution in [3.63, 3.8) is 0 Å². The van der Waals surface area contributed by atoms with Gasteiger partial charge in [-0.3, -0.25) is 4.79 Å². The topological polar surface area (TPSA) is 53.4 Å². The van der Waals surface area contributed by atoms with Crippen LogP contribution in [0.15, 0.2) is 16.8 Å². The molecule has 0 saturated heterocycles. The Morgan fingerprint density at radius 3 is 2.89 bits per heavy atom. The van der Waals surface area contributed by atoms with E-state index in [1.54, 1.807) is 16.2 Å². The Labute approximate surface area is 120 Å². The highest BCUT2D eigenvalue weighted by Gasteiger charge is 2.20. The van der Waals surface area contributed by atoms with E-state index in [2.05, 4.69) is 4.98 Å². The summed E-state index contributed by atoms with van der Waals surface area (Å²) in [6.07, 6.45) is 0. The van der Waals surface area contributed by atoms with Crippen LogP contribution in [0.1, 0.15) is 22.3 Å². The number of hydrogen-bond acceptors (Lipinski definition) is 5. The molecular formula is C13H16N2O2S2. The molecule has 0 saturated carbocycles. The number of likely N-dealkylation sites (N-methyl/N-ethyl adjacent to an activating group) is 1. The molecule has 102 valence electrons.